The quantitative estimate of drug-likeness (QED) is 0.228. The number of benzene rings is 3. The summed E-state index contributed by atoms with van der Waals surface area (Å²) in [6, 6.07) is 21.7. The highest BCUT2D eigenvalue weighted by Gasteiger charge is 2.15. The molecule has 5 rings (SSSR count). The molecule has 0 aliphatic rings. The number of hydrogen-bond donors (Lipinski definition) is 0. The molecular formula is C26H16O6. The van der Waals surface area contributed by atoms with E-state index in [1.807, 2.05) is 31.2 Å². The summed E-state index contributed by atoms with van der Waals surface area (Å²) in [5, 5.41) is 1.24. The lowest BCUT2D eigenvalue weighted by Crippen LogP contribution is -2.09. The van der Waals surface area contributed by atoms with Crippen molar-refractivity contribution in [1.82, 2.24) is 0 Å². The van der Waals surface area contributed by atoms with Gasteiger partial charge in [0.1, 0.15) is 16.9 Å². The van der Waals surface area contributed by atoms with Gasteiger partial charge in [-0.25, -0.2) is 14.4 Å². The molecule has 0 fully saturated rings. The van der Waals surface area contributed by atoms with E-state index < -0.39 is 17.2 Å². The summed E-state index contributed by atoms with van der Waals surface area (Å²) < 4.78 is 16.2. The summed E-state index contributed by atoms with van der Waals surface area (Å²) in [5.74, 6) is -0.313. The van der Waals surface area contributed by atoms with Crippen LogP contribution in [0.3, 0.4) is 0 Å². The van der Waals surface area contributed by atoms with Gasteiger partial charge in [-0.15, -0.1) is 0 Å². The summed E-state index contributed by atoms with van der Waals surface area (Å²) in [6.45, 7) is 1.92. The van der Waals surface area contributed by atoms with E-state index in [2.05, 4.69) is 0 Å². The van der Waals surface area contributed by atoms with E-state index >= 15 is 0 Å². The van der Waals surface area contributed by atoms with Crippen molar-refractivity contribution in [3.05, 3.63) is 111 Å². The Balaban J connectivity index is 1.58. The Kier molecular flexibility index (Phi) is 4.67. The first-order valence-electron chi connectivity index (χ1n) is 9.88. The van der Waals surface area contributed by atoms with E-state index in [1.165, 1.54) is 12.1 Å². The lowest BCUT2D eigenvalue weighted by molar-refractivity contribution is 0.0735. The van der Waals surface area contributed by atoms with Crippen LogP contribution < -0.4 is 16.0 Å². The lowest BCUT2D eigenvalue weighted by atomic mass is 10.0. The number of carbonyl (C=O) groups is 1. The molecule has 6 heteroatoms. The number of esters is 1. The molecular weight excluding hydrogens is 408 g/mol. The first-order valence-corrected chi connectivity index (χ1v) is 9.88. The van der Waals surface area contributed by atoms with Gasteiger partial charge >= 0.3 is 17.2 Å². The van der Waals surface area contributed by atoms with Gasteiger partial charge in [-0.1, -0.05) is 35.9 Å². The maximum atomic E-state index is 12.6. The number of rotatable bonds is 3. The van der Waals surface area contributed by atoms with Gasteiger partial charge in [-0.05, 0) is 43.3 Å². The summed E-state index contributed by atoms with van der Waals surface area (Å²) in [4.78, 5) is 37.3. The maximum Gasteiger partial charge on any atom is 0.344 e. The molecule has 0 atom stereocenters. The van der Waals surface area contributed by atoms with Crippen molar-refractivity contribution in [2.75, 3.05) is 0 Å². The van der Waals surface area contributed by atoms with Crippen LogP contribution >= 0.6 is 0 Å². The Bertz CT molecular complexity index is 1610. The van der Waals surface area contributed by atoms with E-state index in [1.54, 1.807) is 42.5 Å². The molecule has 5 aromatic rings. The minimum atomic E-state index is -0.637. The van der Waals surface area contributed by atoms with Crippen LogP contribution in [0.5, 0.6) is 5.75 Å². The zero-order chi connectivity index (χ0) is 22.2. The largest absolute Gasteiger partial charge is 0.423 e. The second-order valence-corrected chi connectivity index (χ2v) is 7.38. The first kappa shape index (κ1) is 19.5. The molecule has 0 radical (unpaired) electrons. The fraction of sp³-hybridized carbons (Fsp3) is 0.0385. The van der Waals surface area contributed by atoms with Crippen LogP contribution in [0, 0.1) is 6.92 Å². The molecule has 3 aromatic carbocycles. The number of fused-ring (bicyclic) bond motifs is 2. The molecule has 0 N–H and O–H groups in total. The highest BCUT2D eigenvalue weighted by molar-refractivity contribution is 5.96. The van der Waals surface area contributed by atoms with E-state index in [0.717, 1.165) is 10.9 Å². The van der Waals surface area contributed by atoms with Gasteiger partial charge < -0.3 is 13.6 Å². The molecule has 0 bridgehead atoms. The SMILES string of the molecule is Cc1ccc(C(=O)Oc2ccc3c(-c4cc5ccccc5oc4=O)cc(=O)oc3c2)cc1. The molecule has 0 saturated heterocycles. The molecule has 32 heavy (non-hydrogen) atoms. The minimum Gasteiger partial charge on any atom is -0.423 e. The first-order chi connectivity index (χ1) is 15.5. The van der Waals surface area contributed by atoms with Crippen molar-refractivity contribution in [3.8, 4) is 16.9 Å². The van der Waals surface area contributed by atoms with Gasteiger partial charge in [0.25, 0.3) is 0 Å². The Morgan fingerprint density at radius 2 is 1.56 bits per heavy atom. The van der Waals surface area contributed by atoms with Gasteiger partial charge in [0.15, 0.2) is 0 Å². The third kappa shape index (κ3) is 3.58. The monoisotopic (exact) mass is 424 g/mol. The fourth-order valence-corrected chi connectivity index (χ4v) is 3.53. The highest BCUT2D eigenvalue weighted by atomic mass is 16.5. The van der Waals surface area contributed by atoms with Crippen molar-refractivity contribution in [2.24, 2.45) is 0 Å². The van der Waals surface area contributed by atoms with Gasteiger partial charge in [-0.3, -0.25) is 0 Å². The number of carbonyl (C=O) groups excluding carboxylic acids is 1. The van der Waals surface area contributed by atoms with Crippen LogP contribution in [0.25, 0.3) is 33.1 Å². The molecule has 0 aliphatic carbocycles. The van der Waals surface area contributed by atoms with Gasteiger partial charge in [0, 0.05) is 28.5 Å². The van der Waals surface area contributed by atoms with E-state index in [4.69, 9.17) is 13.6 Å². The van der Waals surface area contributed by atoms with Crippen molar-refractivity contribution < 1.29 is 18.4 Å². The van der Waals surface area contributed by atoms with Crippen LogP contribution in [0.1, 0.15) is 15.9 Å². The standard InChI is InChI=1S/C26H16O6/c1-15-6-8-16(9-7-15)25(28)30-18-10-11-19-20(14-24(27)31-23(19)13-18)21-12-17-4-2-3-5-22(17)32-26(21)29/h2-14H,1H3. The Morgan fingerprint density at radius 3 is 2.38 bits per heavy atom. The second-order valence-electron chi connectivity index (χ2n) is 7.38. The molecule has 0 aliphatic heterocycles. The molecule has 156 valence electrons. The topological polar surface area (TPSA) is 86.7 Å². The van der Waals surface area contributed by atoms with Crippen LogP contribution in [0.2, 0.25) is 0 Å². The molecule has 0 spiro atoms. The molecule has 2 heterocycles. The number of ether oxygens (including phenoxy) is 1. The summed E-state index contributed by atoms with van der Waals surface area (Å²) in [6.07, 6.45) is 0. The molecule has 6 nitrogen and oxygen atoms in total. The summed E-state index contributed by atoms with van der Waals surface area (Å²) in [7, 11) is 0. The molecule has 0 saturated carbocycles. The Labute approximate surface area is 181 Å². The van der Waals surface area contributed by atoms with Crippen molar-refractivity contribution in [2.45, 2.75) is 6.92 Å². The van der Waals surface area contributed by atoms with Crippen molar-refractivity contribution >= 4 is 27.9 Å². The highest BCUT2D eigenvalue weighted by Crippen LogP contribution is 2.30. The van der Waals surface area contributed by atoms with Crippen molar-refractivity contribution in [1.29, 1.82) is 0 Å². The number of hydrogen-bond acceptors (Lipinski definition) is 6. The predicted octanol–water partition coefficient (Wildman–Crippen LogP) is 5.09. The number of aryl methyl sites for hydroxylation is 1. The van der Waals surface area contributed by atoms with Crippen LogP contribution in [-0.2, 0) is 0 Å². The predicted molar refractivity (Wildman–Crippen MR) is 120 cm³/mol. The summed E-state index contributed by atoms with van der Waals surface area (Å²) >= 11 is 0. The van der Waals surface area contributed by atoms with E-state index in [9.17, 15) is 14.4 Å². The van der Waals surface area contributed by atoms with Crippen molar-refractivity contribution in [3.63, 3.8) is 0 Å². The average Bonchev–Trinajstić information content (AvgIpc) is 2.78. The minimum absolute atomic E-state index is 0.189. The van der Waals surface area contributed by atoms with Crippen LogP contribution in [0.15, 0.2) is 97.3 Å². The third-order valence-corrected chi connectivity index (χ3v) is 5.15. The maximum absolute atomic E-state index is 12.6. The molecule has 2 aromatic heterocycles. The molecule has 0 amide bonds. The van der Waals surface area contributed by atoms with Crippen LogP contribution in [0.4, 0.5) is 0 Å². The van der Waals surface area contributed by atoms with E-state index in [-0.39, 0.29) is 16.9 Å². The lowest BCUT2D eigenvalue weighted by Gasteiger charge is -2.08. The fourth-order valence-electron chi connectivity index (χ4n) is 3.53. The third-order valence-electron chi connectivity index (χ3n) is 5.15. The normalized spacial score (nSPS) is 11.0. The Hall–Kier alpha value is -4.45. The zero-order valence-electron chi connectivity index (χ0n) is 17.0. The number of para-hydroxylation sites is 1. The summed E-state index contributed by atoms with van der Waals surface area (Å²) in [5.41, 5.74) is 1.50. The van der Waals surface area contributed by atoms with Gasteiger partial charge in [0.2, 0.25) is 0 Å². The van der Waals surface area contributed by atoms with Crippen LogP contribution in [-0.4, -0.2) is 5.97 Å². The van der Waals surface area contributed by atoms with E-state index in [0.29, 0.717) is 22.1 Å². The Morgan fingerprint density at radius 1 is 0.781 bits per heavy atom. The van der Waals surface area contributed by atoms with Gasteiger partial charge in [0.05, 0.1) is 11.1 Å². The van der Waals surface area contributed by atoms with Gasteiger partial charge in [-0.2, -0.15) is 0 Å². The average molecular weight is 424 g/mol. The molecule has 0 unspecified atom stereocenters. The zero-order valence-corrected chi connectivity index (χ0v) is 17.0. The second kappa shape index (κ2) is 7.67. The smallest absolute Gasteiger partial charge is 0.344 e.